The first kappa shape index (κ1) is 18.7. The minimum atomic E-state index is -0.0588. The number of anilines is 1. The molecule has 3 rings (SSSR count). The molecule has 0 fully saturated rings. The largest absolute Gasteiger partial charge is 0.325 e. The maximum atomic E-state index is 12.2. The molecular weight excluding hydrogens is 412 g/mol. The van der Waals surface area contributed by atoms with Crippen molar-refractivity contribution < 1.29 is 4.79 Å². The quantitative estimate of drug-likeness (QED) is 0.572. The van der Waals surface area contributed by atoms with Gasteiger partial charge in [0.2, 0.25) is 5.91 Å². The van der Waals surface area contributed by atoms with Crippen LogP contribution in [0.1, 0.15) is 12.5 Å². The summed E-state index contributed by atoms with van der Waals surface area (Å²) < 4.78 is 3.04. The van der Waals surface area contributed by atoms with Gasteiger partial charge in [0, 0.05) is 22.3 Å². The van der Waals surface area contributed by atoms with Crippen LogP contribution < -0.4 is 5.32 Å². The molecule has 0 spiro atoms. The summed E-state index contributed by atoms with van der Waals surface area (Å²) in [7, 11) is 0. The molecule has 3 aromatic rings. The van der Waals surface area contributed by atoms with Crippen molar-refractivity contribution in [1.29, 1.82) is 0 Å². The molecule has 1 amide bonds. The number of rotatable bonds is 6. The maximum Gasteiger partial charge on any atom is 0.234 e. The minimum Gasteiger partial charge on any atom is -0.325 e. The van der Waals surface area contributed by atoms with Gasteiger partial charge in [-0.3, -0.25) is 4.79 Å². The van der Waals surface area contributed by atoms with Crippen LogP contribution in [-0.4, -0.2) is 26.4 Å². The van der Waals surface area contributed by atoms with Crippen LogP contribution in [0.2, 0.25) is 0 Å². The van der Waals surface area contributed by atoms with Crippen molar-refractivity contribution in [1.82, 2.24) is 14.8 Å². The fraction of sp³-hybridized carbons (Fsp3) is 0.211. The topological polar surface area (TPSA) is 59.8 Å². The Morgan fingerprint density at radius 2 is 1.96 bits per heavy atom. The molecule has 7 heteroatoms. The van der Waals surface area contributed by atoms with Gasteiger partial charge >= 0.3 is 0 Å². The van der Waals surface area contributed by atoms with Crippen molar-refractivity contribution in [2.75, 3.05) is 11.1 Å². The van der Waals surface area contributed by atoms with Crippen molar-refractivity contribution in [3.05, 3.63) is 58.6 Å². The van der Waals surface area contributed by atoms with E-state index in [0.717, 1.165) is 38.8 Å². The number of benzene rings is 2. The lowest BCUT2D eigenvalue weighted by atomic mass is 10.2. The van der Waals surface area contributed by atoms with E-state index >= 15 is 0 Å². The van der Waals surface area contributed by atoms with E-state index < -0.39 is 0 Å². The normalized spacial score (nSPS) is 10.7. The highest BCUT2D eigenvalue weighted by atomic mass is 79.9. The number of amides is 1. The van der Waals surface area contributed by atoms with Crippen LogP contribution in [0, 0.1) is 6.92 Å². The Bertz CT molecular complexity index is 908. The van der Waals surface area contributed by atoms with Gasteiger partial charge in [-0.15, -0.1) is 10.2 Å². The Morgan fingerprint density at radius 3 is 2.65 bits per heavy atom. The van der Waals surface area contributed by atoms with Gasteiger partial charge < -0.3 is 9.88 Å². The summed E-state index contributed by atoms with van der Waals surface area (Å²) in [6.07, 6.45) is 0. The molecular formula is C19H19BrN4OS. The van der Waals surface area contributed by atoms with Crippen molar-refractivity contribution in [3.8, 4) is 11.4 Å². The predicted molar refractivity (Wildman–Crippen MR) is 109 cm³/mol. The molecule has 0 saturated carbocycles. The summed E-state index contributed by atoms with van der Waals surface area (Å²) in [5, 5.41) is 12.2. The second-order valence-corrected chi connectivity index (χ2v) is 7.62. The van der Waals surface area contributed by atoms with Crippen molar-refractivity contribution in [3.63, 3.8) is 0 Å². The maximum absolute atomic E-state index is 12.2. The SMILES string of the molecule is CCn1c(SCC(=O)Nc2cccc(C)c2)nnc1-c1ccc(Br)cc1. The molecule has 134 valence electrons. The van der Waals surface area contributed by atoms with Crippen molar-refractivity contribution in [2.24, 2.45) is 0 Å². The van der Waals surface area contributed by atoms with Crippen LogP contribution in [0.15, 0.2) is 58.2 Å². The third-order valence-corrected chi connectivity index (χ3v) is 5.27. The number of aromatic nitrogens is 3. The molecule has 1 aromatic heterocycles. The number of nitrogens with zero attached hydrogens (tertiary/aromatic N) is 3. The van der Waals surface area contributed by atoms with Gasteiger partial charge in [0.25, 0.3) is 0 Å². The molecule has 26 heavy (non-hydrogen) atoms. The lowest BCUT2D eigenvalue weighted by Gasteiger charge is -2.08. The summed E-state index contributed by atoms with van der Waals surface area (Å²) in [5.41, 5.74) is 2.92. The summed E-state index contributed by atoms with van der Waals surface area (Å²) in [6, 6.07) is 15.7. The highest BCUT2D eigenvalue weighted by Crippen LogP contribution is 2.25. The summed E-state index contributed by atoms with van der Waals surface area (Å²) in [6.45, 7) is 4.78. The third kappa shape index (κ3) is 4.53. The zero-order chi connectivity index (χ0) is 18.5. The number of nitrogens with one attached hydrogen (secondary N) is 1. The Hall–Kier alpha value is -2.12. The third-order valence-electron chi connectivity index (χ3n) is 3.77. The van der Waals surface area contributed by atoms with E-state index in [1.165, 1.54) is 11.8 Å². The first-order chi connectivity index (χ1) is 12.6. The van der Waals surface area contributed by atoms with Gasteiger partial charge in [0.15, 0.2) is 11.0 Å². The Kier molecular flexibility index (Phi) is 6.11. The summed E-state index contributed by atoms with van der Waals surface area (Å²) in [5.74, 6) is 1.03. The fourth-order valence-electron chi connectivity index (χ4n) is 2.54. The van der Waals surface area contributed by atoms with Gasteiger partial charge in [-0.1, -0.05) is 52.0 Å². The molecule has 0 saturated heterocycles. The second-order valence-electron chi connectivity index (χ2n) is 5.76. The molecule has 1 N–H and O–H groups in total. The number of thioether (sulfide) groups is 1. The molecule has 0 unspecified atom stereocenters. The number of aryl methyl sites for hydroxylation is 1. The van der Waals surface area contributed by atoms with Gasteiger partial charge in [-0.25, -0.2) is 0 Å². The molecule has 2 aromatic carbocycles. The van der Waals surface area contributed by atoms with Crippen LogP contribution in [0.5, 0.6) is 0 Å². The lowest BCUT2D eigenvalue weighted by Crippen LogP contribution is -2.14. The van der Waals surface area contributed by atoms with Crippen LogP contribution in [0.3, 0.4) is 0 Å². The summed E-state index contributed by atoms with van der Waals surface area (Å²) in [4.78, 5) is 12.2. The molecule has 0 atom stereocenters. The van der Waals surface area contributed by atoms with E-state index in [1.54, 1.807) is 0 Å². The second kappa shape index (κ2) is 8.51. The van der Waals surface area contributed by atoms with Crippen LogP contribution >= 0.6 is 27.7 Å². The minimum absolute atomic E-state index is 0.0588. The van der Waals surface area contributed by atoms with Crippen molar-refractivity contribution >= 4 is 39.3 Å². The molecule has 0 aliphatic rings. The van der Waals surface area contributed by atoms with E-state index in [0.29, 0.717) is 0 Å². The first-order valence-electron chi connectivity index (χ1n) is 8.25. The van der Waals surface area contributed by atoms with E-state index in [1.807, 2.05) is 66.9 Å². The van der Waals surface area contributed by atoms with Crippen molar-refractivity contribution in [2.45, 2.75) is 25.5 Å². The average molecular weight is 431 g/mol. The first-order valence-corrected chi connectivity index (χ1v) is 10.0. The number of hydrogen-bond donors (Lipinski definition) is 1. The van der Waals surface area contributed by atoms with E-state index in [9.17, 15) is 4.79 Å². The smallest absolute Gasteiger partial charge is 0.234 e. The molecule has 0 bridgehead atoms. The Balaban J connectivity index is 1.68. The fourth-order valence-corrected chi connectivity index (χ4v) is 3.61. The number of halogens is 1. The summed E-state index contributed by atoms with van der Waals surface area (Å²) >= 11 is 4.83. The predicted octanol–water partition coefficient (Wildman–Crippen LogP) is 4.77. The molecule has 1 heterocycles. The number of carbonyl (C=O) groups is 1. The Morgan fingerprint density at radius 1 is 1.19 bits per heavy atom. The molecule has 0 aliphatic heterocycles. The van der Waals surface area contributed by atoms with Gasteiger partial charge in [-0.05, 0) is 43.7 Å². The highest BCUT2D eigenvalue weighted by Gasteiger charge is 2.14. The van der Waals surface area contributed by atoms with Gasteiger partial charge in [0.05, 0.1) is 5.75 Å². The zero-order valence-electron chi connectivity index (χ0n) is 14.6. The highest BCUT2D eigenvalue weighted by molar-refractivity contribution is 9.10. The molecule has 0 aliphatic carbocycles. The van der Waals surface area contributed by atoms with Crippen LogP contribution in [-0.2, 0) is 11.3 Å². The van der Waals surface area contributed by atoms with E-state index in [-0.39, 0.29) is 11.7 Å². The number of hydrogen-bond acceptors (Lipinski definition) is 4. The molecule has 0 radical (unpaired) electrons. The Labute approximate surface area is 165 Å². The van der Waals surface area contributed by atoms with Crippen LogP contribution in [0.25, 0.3) is 11.4 Å². The monoisotopic (exact) mass is 430 g/mol. The zero-order valence-corrected chi connectivity index (χ0v) is 17.0. The van der Waals surface area contributed by atoms with Gasteiger partial charge in [-0.2, -0.15) is 0 Å². The van der Waals surface area contributed by atoms with Crippen LogP contribution in [0.4, 0.5) is 5.69 Å². The van der Waals surface area contributed by atoms with Gasteiger partial charge in [0.1, 0.15) is 0 Å². The standard InChI is InChI=1S/C19H19BrN4OS/c1-3-24-18(14-7-9-15(20)10-8-14)22-23-19(24)26-12-17(25)21-16-6-4-5-13(2)11-16/h4-11H,3,12H2,1-2H3,(H,21,25). The van der Waals surface area contributed by atoms with E-state index in [2.05, 4.69) is 31.4 Å². The number of carbonyl (C=O) groups excluding carboxylic acids is 1. The lowest BCUT2D eigenvalue weighted by molar-refractivity contribution is -0.113. The van der Waals surface area contributed by atoms with E-state index in [4.69, 9.17) is 0 Å². The molecule has 5 nitrogen and oxygen atoms in total. The average Bonchev–Trinajstić information content (AvgIpc) is 3.03.